The minimum Gasteiger partial charge on any atom is -0.492 e. The Bertz CT molecular complexity index is 819. The molecule has 1 N–H and O–H groups in total. The van der Waals surface area contributed by atoms with Crippen LogP contribution in [0.2, 0.25) is 0 Å². The number of nitrogens with zero attached hydrogens (tertiary/aromatic N) is 1. The molecule has 4 bridgehead atoms. The molecule has 1 aliphatic heterocycles. The Morgan fingerprint density at radius 2 is 1.54 bits per heavy atom. The van der Waals surface area contributed by atoms with Crippen LogP contribution in [0.1, 0.15) is 76.2 Å². The van der Waals surface area contributed by atoms with Crippen molar-refractivity contribution in [2.75, 3.05) is 37.7 Å². The lowest BCUT2D eigenvalue weighted by Crippen LogP contribution is -2.59. The van der Waals surface area contributed by atoms with Crippen LogP contribution < -0.4 is 4.74 Å². The van der Waals surface area contributed by atoms with E-state index in [0.717, 1.165) is 82.1 Å². The maximum absolute atomic E-state index is 11.5. The second-order valence-electron chi connectivity index (χ2n) is 12.3. The predicted octanol–water partition coefficient (Wildman–Crippen LogP) is 5.62. The Morgan fingerprint density at radius 3 is 2.17 bits per heavy atom. The van der Waals surface area contributed by atoms with E-state index in [1.165, 1.54) is 36.6 Å². The van der Waals surface area contributed by atoms with E-state index >= 15 is 0 Å². The molecule has 5 aliphatic carbocycles. The zero-order chi connectivity index (χ0) is 23.9. The van der Waals surface area contributed by atoms with Crippen molar-refractivity contribution in [3.8, 4) is 5.75 Å². The van der Waals surface area contributed by atoms with Crippen molar-refractivity contribution < 1.29 is 19.6 Å². The molecule has 6 fully saturated rings. The quantitative estimate of drug-likeness (QED) is 0.283. The summed E-state index contributed by atoms with van der Waals surface area (Å²) in [6.07, 6.45) is 9.91. The summed E-state index contributed by atoms with van der Waals surface area (Å²) in [5, 5.41) is 11.5. The van der Waals surface area contributed by atoms with Gasteiger partial charge in [-0.25, -0.2) is 9.78 Å². The van der Waals surface area contributed by atoms with Crippen LogP contribution in [0, 0.1) is 23.7 Å². The highest BCUT2D eigenvalue weighted by molar-refractivity contribution is 7.99. The molecule has 1 saturated heterocycles. The first-order chi connectivity index (χ1) is 17.0. The summed E-state index contributed by atoms with van der Waals surface area (Å²) in [7, 11) is 0. The van der Waals surface area contributed by atoms with Crippen molar-refractivity contribution in [3.05, 3.63) is 29.8 Å². The van der Waals surface area contributed by atoms with Crippen molar-refractivity contribution in [2.24, 2.45) is 23.7 Å². The van der Waals surface area contributed by atoms with Crippen LogP contribution in [0.15, 0.2) is 24.3 Å². The molecular weight excluding hydrogens is 458 g/mol. The van der Waals surface area contributed by atoms with Gasteiger partial charge in [0.15, 0.2) is 0 Å². The first-order valence-corrected chi connectivity index (χ1v) is 15.3. The van der Waals surface area contributed by atoms with Crippen molar-refractivity contribution in [1.29, 1.82) is 0 Å². The zero-order valence-electron chi connectivity index (χ0n) is 21.3. The van der Waals surface area contributed by atoms with E-state index in [-0.39, 0.29) is 17.4 Å². The molecular formula is C29H43NO4S. The average molecular weight is 502 g/mol. The van der Waals surface area contributed by atoms with E-state index in [0.29, 0.717) is 5.92 Å². The second kappa shape index (κ2) is 10.2. The molecule has 0 amide bonds. The lowest BCUT2D eigenvalue weighted by molar-refractivity contribution is -0.497. The smallest absolute Gasteiger partial charge is 0.204 e. The highest BCUT2D eigenvalue weighted by atomic mass is 32.2. The van der Waals surface area contributed by atoms with Crippen molar-refractivity contribution in [2.45, 2.75) is 82.0 Å². The molecule has 0 aromatic heterocycles. The van der Waals surface area contributed by atoms with E-state index in [1.807, 2.05) is 11.8 Å². The van der Waals surface area contributed by atoms with Crippen LogP contribution in [-0.4, -0.2) is 59.1 Å². The van der Waals surface area contributed by atoms with E-state index in [2.05, 4.69) is 36.1 Å². The predicted molar refractivity (Wildman–Crippen MR) is 139 cm³/mol. The molecule has 7 rings (SSSR count). The molecule has 5 nitrogen and oxygen atoms in total. The Labute approximate surface area is 215 Å². The normalized spacial score (nSPS) is 41.3. The number of benzene rings is 1. The van der Waals surface area contributed by atoms with Gasteiger partial charge in [0.05, 0.1) is 0 Å². The molecule has 6 heteroatoms. The highest BCUT2D eigenvalue weighted by Gasteiger charge is 2.59. The average Bonchev–Trinajstić information content (AvgIpc) is 2.88. The molecule has 1 heterocycles. The van der Waals surface area contributed by atoms with Crippen molar-refractivity contribution >= 4 is 11.8 Å². The first kappa shape index (κ1) is 24.5. The van der Waals surface area contributed by atoms with Crippen molar-refractivity contribution in [1.82, 2.24) is 4.90 Å². The maximum Gasteiger partial charge on any atom is 0.204 e. The molecule has 1 aromatic carbocycles. The summed E-state index contributed by atoms with van der Waals surface area (Å²) in [4.78, 5) is 14.6. The Kier molecular flexibility index (Phi) is 7.13. The SMILES string of the molecule is C[C@]1(OOC2(O)C3CC4CC(C3)CC2C4)CC[C@@H](c2ccc(OCCN3CCSCC3)cc2)CC1. The Balaban J connectivity index is 0.965. The number of thioether (sulfide) groups is 1. The number of hydrogen-bond acceptors (Lipinski definition) is 6. The van der Waals surface area contributed by atoms with E-state index in [9.17, 15) is 5.11 Å². The van der Waals surface area contributed by atoms with Crippen LogP contribution in [0.5, 0.6) is 5.75 Å². The van der Waals surface area contributed by atoms with Gasteiger partial charge in [0, 0.05) is 43.0 Å². The monoisotopic (exact) mass is 501 g/mol. The third-order valence-electron chi connectivity index (χ3n) is 9.86. The molecule has 0 radical (unpaired) electrons. The molecule has 1 aromatic rings. The van der Waals surface area contributed by atoms with E-state index in [1.54, 1.807) is 0 Å². The topological polar surface area (TPSA) is 51.2 Å². The molecule has 5 saturated carbocycles. The van der Waals surface area contributed by atoms with E-state index in [4.69, 9.17) is 14.5 Å². The van der Waals surface area contributed by atoms with E-state index < -0.39 is 5.79 Å². The summed E-state index contributed by atoms with van der Waals surface area (Å²) in [5.41, 5.74) is 1.09. The first-order valence-electron chi connectivity index (χ1n) is 14.1. The molecule has 6 aliphatic rings. The molecule has 0 unspecified atom stereocenters. The molecule has 194 valence electrons. The Hall–Kier alpha value is -0.790. The van der Waals surface area contributed by atoms with Gasteiger partial charge in [-0.15, -0.1) is 0 Å². The number of ether oxygens (including phenoxy) is 1. The molecule has 35 heavy (non-hydrogen) atoms. The highest BCUT2D eigenvalue weighted by Crippen LogP contribution is 2.59. The maximum atomic E-state index is 11.5. The van der Waals surface area contributed by atoms with Gasteiger partial charge in [0.1, 0.15) is 18.0 Å². The fourth-order valence-electron chi connectivity index (χ4n) is 7.76. The summed E-state index contributed by atoms with van der Waals surface area (Å²) >= 11 is 2.05. The van der Waals surface area contributed by atoms with Gasteiger partial charge in [-0.3, -0.25) is 4.90 Å². The lowest BCUT2D eigenvalue weighted by atomic mass is 9.53. The summed E-state index contributed by atoms with van der Waals surface area (Å²) in [6.45, 7) is 6.32. The fourth-order valence-corrected chi connectivity index (χ4v) is 8.74. The summed E-state index contributed by atoms with van der Waals surface area (Å²) in [6, 6.07) is 8.76. The Morgan fingerprint density at radius 1 is 0.914 bits per heavy atom. The van der Waals surface area contributed by atoms with Gasteiger partial charge in [-0.1, -0.05) is 12.1 Å². The standard InChI is InChI=1S/C29H43NO4S/c1-28(33-34-29(31)25-17-21-16-22(19-25)20-26(29)18-21)8-6-24(7-9-28)23-2-4-27(5-3-23)32-13-10-30-11-14-35-15-12-30/h2-5,21-22,24-26,31H,6-20H2,1H3/t21?,22?,24-,25?,26?,28+,29?. The van der Waals surface area contributed by atoms with Gasteiger partial charge in [-0.05, 0) is 100 Å². The molecule has 0 atom stereocenters. The largest absolute Gasteiger partial charge is 0.492 e. The van der Waals surface area contributed by atoms with Gasteiger partial charge in [0.25, 0.3) is 0 Å². The van der Waals surface area contributed by atoms with Crippen LogP contribution in [0.4, 0.5) is 0 Å². The van der Waals surface area contributed by atoms with Crippen LogP contribution in [0.25, 0.3) is 0 Å². The van der Waals surface area contributed by atoms with Gasteiger partial charge in [-0.2, -0.15) is 11.8 Å². The third kappa shape index (κ3) is 5.29. The van der Waals surface area contributed by atoms with Gasteiger partial charge in [0.2, 0.25) is 5.79 Å². The lowest BCUT2D eigenvalue weighted by Gasteiger charge is -2.57. The van der Waals surface area contributed by atoms with Crippen LogP contribution >= 0.6 is 11.8 Å². The number of aliphatic hydroxyl groups is 1. The fraction of sp³-hybridized carbons (Fsp3) is 0.793. The minimum atomic E-state index is -1.06. The summed E-state index contributed by atoms with van der Waals surface area (Å²) < 4.78 is 6.02. The van der Waals surface area contributed by atoms with Crippen molar-refractivity contribution in [3.63, 3.8) is 0 Å². The van der Waals surface area contributed by atoms with Crippen LogP contribution in [0.3, 0.4) is 0 Å². The minimum absolute atomic E-state index is 0.262. The summed E-state index contributed by atoms with van der Waals surface area (Å²) in [5.74, 6) is 5.09. The molecule has 0 spiro atoms. The van der Waals surface area contributed by atoms with Crippen LogP contribution in [-0.2, 0) is 9.78 Å². The van der Waals surface area contributed by atoms with Gasteiger partial charge >= 0.3 is 0 Å². The van der Waals surface area contributed by atoms with Gasteiger partial charge < -0.3 is 9.84 Å². The zero-order valence-corrected chi connectivity index (χ0v) is 22.1. The number of hydrogen-bond donors (Lipinski definition) is 1. The number of rotatable bonds is 8. The third-order valence-corrected chi connectivity index (χ3v) is 10.8. The second-order valence-corrected chi connectivity index (χ2v) is 13.5.